The lowest BCUT2D eigenvalue weighted by molar-refractivity contribution is 0.0695. The van der Waals surface area contributed by atoms with Crippen LogP contribution in [-0.2, 0) is 13.1 Å². The maximum absolute atomic E-state index is 14.9. The van der Waals surface area contributed by atoms with Gasteiger partial charge in [-0.3, -0.25) is 9.36 Å². The Morgan fingerprint density at radius 2 is 2.03 bits per heavy atom. The van der Waals surface area contributed by atoms with Gasteiger partial charge in [0, 0.05) is 30.9 Å². The molecule has 8 nitrogen and oxygen atoms in total. The van der Waals surface area contributed by atoms with Gasteiger partial charge in [-0.2, -0.15) is 0 Å². The molecular formula is C20H13FN4O4. The van der Waals surface area contributed by atoms with Crippen LogP contribution < -0.4 is 10.7 Å². The van der Waals surface area contributed by atoms with Crippen LogP contribution in [0.25, 0.3) is 28.1 Å². The number of pyridine rings is 2. The number of aromatic carboxylic acids is 1. The van der Waals surface area contributed by atoms with Gasteiger partial charge in [-0.05, 0) is 23.3 Å². The number of benzene rings is 1. The summed E-state index contributed by atoms with van der Waals surface area (Å²) in [5.74, 6) is -1.92. The van der Waals surface area contributed by atoms with E-state index >= 15 is 0 Å². The molecule has 0 saturated heterocycles. The van der Waals surface area contributed by atoms with Crippen LogP contribution in [-0.4, -0.2) is 25.8 Å². The maximum Gasteiger partial charge on any atom is 0.341 e. The van der Waals surface area contributed by atoms with Gasteiger partial charge >= 0.3 is 5.97 Å². The third kappa shape index (κ3) is 2.71. The lowest BCUT2D eigenvalue weighted by Gasteiger charge is -2.11. The summed E-state index contributed by atoms with van der Waals surface area (Å²) in [6.45, 7) is 1.44. The second kappa shape index (κ2) is 6.35. The molecule has 2 N–H and O–H groups in total. The van der Waals surface area contributed by atoms with Gasteiger partial charge < -0.3 is 14.9 Å². The van der Waals surface area contributed by atoms with Crippen LogP contribution in [0, 0.1) is 5.82 Å². The first kappa shape index (κ1) is 17.3. The van der Waals surface area contributed by atoms with E-state index in [9.17, 15) is 19.1 Å². The highest BCUT2D eigenvalue weighted by Gasteiger charge is 2.21. The molecule has 4 aromatic rings. The summed E-state index contributed by atoms with van der Waals surface area (Å²) in [7, 11) is 0. The highest BCUT2D eigenvalue weighted by Crippen LogP contribution is 2.28. The summed E-state index contributed by atoms with van der Waals surface area (Å²) < 4.78 is 21.1. The molecule has 1 aliphatic rings. The van der Waals surface area contributed by atoms with Crippen LogP contribution in [0.2, 0.25) is 0 Å². The van der Waals surface area contributed by atoms with Crippen molar-refractivity contribution >= 4 is 17.0 Å². The largest absolute Gasteiger partial charge is 0.477 e. The van der Waals surface area contributed by atoms with Crippen molar-refractivity contribution < 1.29 is 18.8 Å². The second-order valence-corrected chi connectivity index (χ2v) is 6.68. The fourth-order valence-electron chi connectivity index (χ4n) is 3.53. The van der Waals surface area contributed by atoms with E-state index in [1.165, 1.54) is 16.9 Å². The molecule has 29 heavy (non-hydrogen) atoms. The van der Waals surface area contributed by atoms with Crippen LogP contribution in [0.3, 0.4) is 0 Å². The predicted octanol–water partition coefficient (Wildman–Crippen LogP) is 2.48. The Morgan fingerprint density at radius 1 is 1.21 bits per heavy atom. The topological polar surface area (TPSA) is 110 Å². The Kier molecular flexibility index (Phi) is 3.78. The Bertz CT molecular complexity index is 1350. The van der Waals surface area contributed by atoms with E-state index in [1.54, 1.807) is 6.07 Å². The zero-order valence-electron chi connectivity index (χ0n) is 14.8. The van der Waals surface area contributed by atoms with Gasteiger partial charge in [-0.15, -0.1) is 0 Å². The average molecular weight is 392 g/mol. The standard InChI is InChI=1S/C20H13FN4O4/c21-15-6-13-18(26)14(20(27)28)9-25(16-3-4-29-24-16)19(13)23-17(15)10-1-2-11-7-22-8-12(11)5-10/h1-6,9,22H,7-8H2,(H,27,28). The van der Waals surface area contributed by atoms with Crippen LogP contribution in [0.15, 0.2) is 52.1 Å². The first-order valence-electron chi connectivity index (χ1n) is 8.76. The number of aromatic nitrogens is 3. The zero-order valence-corrected chi connectivity index (χ0v) is 14.8. The van der Waals surface area contributed by atoms with Crippen LogP contribution in [0.1, 0.15) is 21.5 Å². The molecule has 1 aliphatic heterocycles. The van der Waals surface area contributed by atoms with Crippen molar-refractivity contribution in [3.8, 4) is 17.1 Å². The third-order valence-electron chi connectivity index (χ3n) is 4.94. The molecule has 9 heteroatoms. The Labute approximate surface area is 162 Å². The van der Waals surface area contributed by atoms with E-state index in [0.717, 1.165) is 29.9 Å². The molecule has 0 amide bonds. The van der Waals surface area contributed by atoms with Gasteiger partial charge in [-0.25, -0.2) is 14.2 Å². The minimum absolute atomic E-state index is 0.0620. The van der Waals surface area contributed by atoms with Crippen LogP contribution in [0.5, 0.6) is 0 Å². The second-order valence-electron chi connectivity index (χ2n) is 6.68. The molecule has 0 spiro atoms. The normalized spacial score (nSPS) is 13.0. The molecule has 144 valence electrons. The number of carboxylic acid groups (broad SMARTS) is 1. The summed E-state index contributed by atoms with van der Waals surface area (Å²) in [4.78, 5) is 28.5. The molecular weight excluding hydrogens is 379 g/mol. The van der Waals surface area contributed by atoms with E-state index in [2.05, 4.69) is 15.5 Å². The lowest BCUT2D eigenvalue weighted by Crippen LogP contribution is -2.19. The molecule has 0 aliphatic carbocycles. The van der Waals surface area contributed by atoms with E-state index < -0.39 is 22.8 Å². The third-order valence-corrected chi connectivity index (χ3v) is 4.94. The fourth-order valence-corrected chi connectivity index (χ4v) is 3.53. The predicted molar refractivity (Wildman–Crippen MR) is 100 cm³/mol. The lowest BCUT2D eigenvalue weighted by atomic mass is 10.0. The highest BCUT2D eigenvalue weighted by molar-refractivity contribution is 5.92. The Morgan fingerprint density at radius 3 is 2.79 bits per heavy atom. The van der Waals surface area contributed by atoms with E-state index in [-0.39, 0.29) is 22.5 Å². The quantitative estimate of drug-likeness (QED) is 0.551. The molecule has 4 heterocycles. The molecule has 5 rings (SSSR count). The molecule has 0 atom stereocenters. The van der Waals surface area contributed by atoms with Crippen molar-refractivity contribution in [1.82, 2.24) is 20.0 Å². The van der Waals surface area contributed by atoms with Gasteiger partial charge in [0.15, 0.2) is 11.5 Å². The summed E-state index contributed by atoms with van der Waals surface area (Å²) in [5.41, 5.74) is 1.57. The van der Waals surface area contributed by atoms with Crippen molar-refractivity contribution in [2.24, 2.45) is 0 Å². The molecule has 0 bridgehead atoms. The summed E-state index contributed by atoms with van der Waals surface area (Å²) in [6.07, 6.45) is 2.42. The number of fused-ring (bicyclic) bond motifs is 2. The first-order chi connectivity index (χ1) is 14.0. The number of carbonyl (C=O) groups is 1. The van der Waals surface area contributed by atoms with Crippen molar-refractivity contribution in [3.63, 3.8) is 0 Å². The number of rotatable bonds is 3. The van der Waals surface area contributed by atoms with Crippen molar-refractivity contribution in [3.05, 3.63) is 75.5 Å². The molecule has 1 aromatic carbocycles. The van der Waals surface area contributed by atoms with Crippen LogP contribution >= 0.6 is 0 Å². The summed E-state index contributed by atoms with van der Waals surface area (Å²) in [5, 5.41) is 16.2. The monoisotopic (exact) mass is 392 g/mol. The Hall–Kier alpha value is -3.85. The molecule has 0 saturated carbocycles. The van der Waals surface area contributed by atoms with E-state index in [0.29, 0.717) is 12.1 Å². The van der Waals surface area contributed by atoms with E-state index in [1.807, 2.05) is 12.1 Å². The Balaban J connectivity index is 1.82. The molecule has 0 fully saturated rings. The van der Waals surface area contributed by atoms with Gasteiger partial charge in [0.1, 0.15) is 23.3 Å². The molecule has 0 radical (unpaired) electrons. The molecule has 0 unspecified atom stereocenters. The number of hydrogen-bond acceptors (Lipinski definition) is 6. The number of hydrogen-bond donors (Lipinski definition) is 2. The fraction of sp³-hybridized carbons (Fsp3) is 0.100. The van der Waals surface area contributed by atoms with Gasteiger partial charge in [0.05, 0.1) is 5.39 Å². The summed E-state index contributed by atoms with van der Waals surface area (Å²) in [6, 6.07) is 8.05. The highest BCUT2D eigenvalue weighted by atomic mass is 19.1. The average Bonchev–Trinajstić information content (AvgIpc) is 3.39. The maximum atomic E-state index is 14.9. The van der Waals surface area contributed by atoms with Crippen molar-refractivity contribution in [2.45, 2.75) is 13.1 Å². The molecule has 3 aromatic heterocycles. The van der Waals surface area contributed by atoms with Crippen molar-refractivity contribution in [1.29, 1.82) is 0 Å². The number of nitrogens with zero attached hydrogens (tertiary/aromatic N) is 3. The number of halogens is 1. The van der Waals surface area contributed by atoms with Gasteiger partial charge in [-0.1, -0.05) is 17.3 Å². The smallest absolute Gasteiger partial charge is 0.341 e. The van der Waals surface area contributed by atoms with Gasteiger partial charge in [0.25, 0.3) is 0 Å². The number of carboxylic acids is 1. The minimum Gasteiger partial charge on any atom is -0.477 e. The summed E-state index contributed by atoms with van der Waals surface area (Å²) >= 11 is 0. The van der Waals surface area contributed by atoms with Gasteiger partial charge in [0.2, 0.25) is 5.43 Å². The first-order valence-corrected chi connectivity index (χ1v) is 8.76. The SMILES string of the molecule is O=C(O)c1cn(-c2ccon2)c2nc(-c3ccc4c(c3)CNC4)c(F)cc2c1=O. The minimum atomic E-state index is -1.43. The zero-order chi connectivity index (χ0) is 20.1. The van der Waals surface area contributed by atoms with E-state index in [4.69, 9.17) is 4.52 Å². The van der Waals surface area contributed by atoms with Crippen LogP contribution in [0.4, 0.5) is 4.39 Å². The number of nitrogens with one attached hydrogen (secondary N) is 1. The van der Waals surface area contributed by atoms with Crippen molar-refractivity contribution in [2.75, 3.05) is 0 Å².